The number of anilines is 1. The Labute approximate surface area is 181 Å². The molecule has 9 heteroatoms. The van der Waals surface area contributed by atoms with Crippen LogP contribution in [0.5, 0.6) is 11.5 Å². The molecule has 2 heterocycles. The Morgan fingerprint density at radius 2 is 1.74 bits per heavy atom. The molecule has 0 aliphatic carbocycles. The molecular formula is C22H27FN6O2. The van der Waals surface area contributed by atoms with Crippen LogP contribution in [-0.4, -0.2) is 65.5 Å². The molecule has 4 rings (SSSR count). The van der Waals surface area contributed by atoms with Crippen molar-refractivity contribution in [3.63, 3.8) is 0 Å². The predicted molar refractivity (Wildman–Crippen MR) is 115 cm³/mol. The minimum atomic E-state index is -0.171. The lowest BCUT2D eigenvalue weighted by Crippen LogP contribution is -2.46. The highest BCUT2D eigenvalue weighted by molar-refractivity contribution is 5.48. The molecule has 1 saturated heterocycles. The van der Waals surface area contributed by atoms with Gasteiger partial charge in [0.2, 0.25) is 0 Å². The normalized spacial score (nSPS) is 14.6. The molecule has 0 bridgehead atoms. The number of aromatic nitrogens is 4. The Bertz CT molecular complexity index is 1000. The van der Waals surface area contributed by atoms with E-state index in [-0.39, 0.29) is 5.82 Å². The number of nitrogens with zero attached hydrogens (tertiary/aromatic N) is 6. The average Bonchev–Trinajstić information content (AvgIpc) is 3.25. The van der Waals surface area contributed by atoms with Crippen molar-refractivity contribution in [2.45, 2.75) is 19.5 Å². The van der Waals surface area contributed by atoms with E-state index in [1.54, 1.807) is 20.3 Å². The zero-order valence-electron chi connectivity index (χ0n) is 17.9. The Hall–Kier alpha value is -3.20. The smallest absolute Gasteiger partial charge is 0.165 e. The Morgan fingerprint density at radius 3 is 2.48 bits per heavy atom. The topological polar surface area (TPSA) is 68.5 Å². The summed E-state index contributed by atoms with van der Waals surface area (Å²) < 4.78 is 26.6. The Morgan fingerprint density at radius 1 is 0.968 bits per heavy atom. The van der Waals surface area contributed by atoms with Crippen molar-refractivity contribution in [3.05, 3.63) is 59.7 Å². The molecule has 8 nitrogen and oxygen atoms in total. The van der Waals surface area contributed by atoms with E-state index in [0.29, 0.717) is 30.3 Å². The van der Waals surface area contributed by atoms with E-state index in [4.69, 9.17) is 9.47 Å². The van der Waals surface area contributed by atoms with Crippen LogP contribution in [0, 0.1) is 5.82 Å². The van der Waals surface area contributed by atoms with Crippen LogP contribution in [0.3, 0.4) is 0 Å². The third-order valence-electron chi connectivity index (χ3n) is 5.60. The number of tetrazole rings is 1. The second-order valence-corrected chi connectivity index (χ2v) is 7.47. The second-order valence-electron chi connectivity index (χ2n) is 7.47. The highest BCUT2D eigenvalue weighted by Crippen LogP contribution is 2.28. The molecule has 1 aromatic heterocycles. The molecule has 31 heavy (non-hydrogen) atoms. The van der Waals surface area contributed by atoms with Crippen molar-refractivity contribution in [3.8, 4) is 11.5 Å². The minimum absolute atomic E-state index is 0.171. The van der Waals surface area contributed by atoms with Crippen molar-refractivity contribution >= 4 is 5.69 Å². The standard InChI is InChI=1S/C22H27FN6O2/c1-30-20-8-7-17(15-21(20)31-2)9-10-29-22(24-25-26-29)16-27-11-13-28(14-12-27)19-6-4-3-5-18(19)23/h3-8,15H,9-14,16H2,1-2H3. The zero-order valence-corrected chi connectivity index (χ0v) is 17.9. The third kappa shape index (κ3) is 4.93. The third-order valence-corrected chi connectivity index (χ3v) is 5.60. The summed E-state index contributed by atoms with van der Waals surface area (Å²) in [5.74, 6) is 2.09. The van der Waals surface area contributed by atoms with E-state index in [9.17, 15) is 4.39 Å². The molecule has 0 saturated carbocycles. The zero-order chi connectivity index (χ0) is 21.6. The first-order chi connectivity index (χ1) is 15.2. The van der Waals surface area contributed by atoms with Gasteiger partial charge in [-0.3, -0.25) is 4.90 Å². The van der Waals surface area contributed by atoms with Crippen LogP contribution in [-0.2, 0) is 19.5 Å². The first-order valence-corrected chi connectivity index (χ1v) is 10.4. The fourth-order valence-electron chi connectivity index (χ4n) is 3.84. The SMILES string of the molecule is COc1ccc(CCn2nnnc2CN2CCN(c3ccccc3F)CC2)cc1OC. The molecule has 164 valence electrons. The van der Waals surface area contributed by atoms with E-state index in [0.717, 1.165) is 44.0 Å². The number of halogens is 1. The molecule has 0 amide bonds. The van der Waals surface area contributed by atoms with Gasteiger partial charge in [0.1, 0.15) is 5.82 Å². The maximum absolute atomic E-state index is 14.0. The van der Waals surface area contributed by atoms with E-state index in [1.807, 2.05) is 35.0 Å². The van der Waals surface area contributed by atoms with E-state index in [1.165, 1.54) is 6.07 Å². The molecule has 1 fully saturated rings. The van der Waals surface area contributed by atoms with Gasteiger partial charge >= 0.3 is 0 Å². The maximum Gasteiger partial charge on any atom is 0.165 e. The summed E-state index contributed by atoms with van der Waals surface area (Å²) in [5, 5.41) is 12.2. The van der Waals surface area contributed by atoms with E-state index < -0.39 is 0 Å². The molecule has 0 radical (unpaired) electrons. The lowest BCUT2D eigenvalue weighted by Gasteiger charge is -2.35. The first-order valence-electron chi connectivity index (χ1n) is 10.4. The Kier molecular flexibility index (Phi) is 6.61. The molecule has 0 N–H and O–H groups in total. The summed E-state index contributed by atoms with van der Waals surface area (Å²) in [6.07, 6.45) is 0.777. The molecule has 2 aromatic carbocycles. The van der Waals surface area contributed by atoms with Crippen molar-refractivity contribution in [2.24, 2.45) is 0 Å². The predicted octanol–water partition coefficient (Wildman–Crippen LogP) is 2.39. The lowest BCUT2D eigenvalue weighted by molar-refractivity contribution is 0.238. The van der Waals surface area contributed by atoms with E-state index in [2.05, 4.69) is 25.3 Å². The van der Waals surface area contributed by atoms with Crippen molar-refractivity contribution < 1.29 is 13.9 Å². The molecule has 1 aliphatic rings. The van der Waals surface area contributed by atoms with Crippen LogP contribution in [0.25, 0.3) is 0 Å². The maximum atomic E-state index is 14.0. The highest BCUT2D eigenvalue weighted by Gasteiger charge is 2.21. The van der Waals surface area contributed by atoms with Gasteiger partial charge < -0.3 is 14.4 Å². The summed E-state index contributed by atoms with van der Waals surface area (Å²) in [5.41, 5.74) is 1.79. The quantitative estimate of drug-likeness (QED) is 0.548. The summed E-state index contributed by atoms with van der Waals surface area (Å²) >= 11 is 0. The van der Waals surface area contributed by atoms with Crippen molar-refractivity contribution in [2.75, 3.05) is 45.3 Å². The summed E-state index contributed by atoms with van der Waals surface area (Å²) in [6.45, 7) is 4.55. The van der Waals surface area contributed by atoms with Crippen LogP contribution in [0.4, 0.5) is 10.1 Å². The number of aryl methyl sites for hydroxylation is 2. The summed E-state index contributed by atoms with van der Waals surface area (Å²) in [6, 6.07) is 12.8. The number of rotatable bonds is 8. The van der Waals surface area contributed by atoms with Gasteiger partial charge in [0.25, 0.3) is 0 Å². The largest absolute Gasteiger partial charge is 0.493 e. The van der Waals surface area contributed by atoms with Gasteiger partial charge in [-0.15, -0.1) is 5.10 Å². The number of para-hydroxylation sites is 1. The number of piperazine rings is 1. The number of ether oxygens (including phenoxy) is 2. The van der Waals surface area contributed by atoms with Gasteiger partial charge in [-0.2, -0.15) is 0 Å². The van der Waals surface area contributed by atoms with Crippen molar-refractivity contribution in [1.29, 1.82) is 0 Å². The van der Waals surface area contributed by atoms with Crippen LogP contribution in [0.2, 0.25) is 0 Å². The fraction of sp³-hybridized carbons (Fsp3) is 0.409. The van der Waals surface area contributed by atoms with Gasteiger partial charge in [0.15, 0.2) is 17.3 Å². The van der Waals surface area contributed by atoms with Crippen molar-refractivity contribution in [1.82, 2.24) is 25.1 Å². The van der Waals surface area contributed by atoms with Crippen LogP contribution in [0.15, 0.2) is 42.5 Å². The molecule has 0 atom stereocenters. The Balaban J connectivity index is 1.33. The number of hydrogen-bond acceptors (Lipinski definition) is 7. The minimum Gasteiger partial charge on any atom is -0.493 e. The summed E-state index contributed by atoms with van der Waals surface area (Å²) in [4.78, 5) is 4.39. The van der Waals surface area contributed by atoms with Gasteiger partial charge in [-0.1, -0.05) is 18.2 Å². The van der Waals surface area contributed by atoms with Crippen LogP contribution < -0.4 is 14.4 Å². The lowest BCUT2D eigenvalue weighted by atomic mass is 10.1. The molecule has 1 aliphatic heterocycles. The second kappa shape index (κ2) is 9.74. The number of benzene rings is 2. The molecule has 0 spiro atoms. The number of methoxy groups -OCH3 is 2. The number of hydrogen-bond donors (Lipinski definition) is 0. The van der Waals surface area contributed by atoms with Gasteiger partial charge in [-0.25, -0.2) is 9.07 Å². The van der Waals surface area contributed by atoms with Gasteiger partial charge in [0, 0.05) is 32.7 Å². The highest BCUT2D eigenvalue weighted by atomic mass is 19.1. The molecular weight excluding hydrogens is 399 g/mol. The molecule has 3 aromatic rings. The van der Waals surface area contributed by atoms with Gasteiger partial charge in [0.05, 0.1) is 26.5 Å². The monoisotopic (exact) mass is 426 g/mol. The van der Waals surface area contributed by atoms with E-state index >= 15 is 0 Å². The first kappa shape index (κ1) is 21.0. The van der Waals surface area contributed by atoms with Gasteiger partial charge in [-0.05, 0) is 46.7 Å². The average molecular weight is 426 g/mol. The molecule has 0 unspecified atom stereocenters. The fourth-order valence-corrected chi connectivity index (χ4v) is 3.84. The summed E-state index contributed by atoms with van der Waals surface area (Å²) in [7, 11) is 3.26. The van der Waals surface area contributed by atoms with Crippen LogP contribution in [0.1, 0.15) is 11.4 Å². The van der Waals surface area contributed by atoms with Crippen LogP contribution >= 0.6 is 0 Å².